The molecule has 2 unspecified atom stereocenters. The van der Waals surface area contributed by atoms with Crippen LogP contribution in [0.5, 0.6) is 0 Å². The zero-order chi connectivity index (χ0) is 13.8. The van der Waals surface area contributed by atoms with Crippen LogP contribution in [-0.2, 0) is 6.54 Å². The lowest BCUT2D eigenvalue weighted by molar-refractivity contribution is 0.0930. The van der Waals surface area contributed by atoms with E-state index in [0.29, 0.717) is 11.6 Å². The summed E-state index contributed by atoms with van der Waals surface area (Å²) in [5.74, 6) is 1.37. The molecule has 0 spiro atoms. The van der Waals surface area contributed by atoms with Gasteiger partial charge < -0.3 is 15.2 Å². The molecule has 1 aliphatic heterocycles. The van der Waals surface area contributed by atoms with E-state index in [4.69, 9.17) is 0 Å². The van der Waals surface area contributed by atoms with Crippen molar-refractivity contribution < 1.29 is 4.79 Å². The van der Waals surface area contributed by atoms with Crippen molar-refractivity contribution >= 4 is 11.9 Å². The Bertz CT molecular complexity index is 417. The first-order valence-electron chi connectivity index (χ1n) is 7.22. The largest absolute Gasteiger partial charge is 0.356 e. The van der Waals surface area contributed by atoms with Crippen molar-refractivity contribution in [3.8, 4) is 0 Å². The number of rotatable bonds is 5. The van der Waals surface area contributed by atoms with E-state index in [-0.39, 0.29) is 11.9 Å². The van der Waals surface area contributed by atoms with Crippen LogP contribution in [0.1, 0.15) is 50.5 Å². The van der Waals surface area contributed by atoms with Crippen LogP contribution in [0.25, 0.3) is 0 Å². The fraction of sp³-hybridized carbons (Fsp3) is 0.714. The molecule has 1 amide bonds. The lowest BCUT2D eigenvalue weighted by atomic mass is 10.0. The predicted molar refractivity (Wildman–Crippen MR) is 76.3 cm³/mol. The Balaban J connectivity index is 1.94. The summed E-state index contributed by atoms with van der Waals surface area (Å²) in [6.45, 7) is 8.31. The second-order valence-electron chi connectivity index (χ2n) is 5.55. The Hall–Kier alpha value is -1.52. The first-order valence-corrected chi connectivity index (χ1v) is 7.22. The van der Waals surface area contributed by atoms with E-state index < -0.39 is 0 Å². The highest BCUT2D eigenvalue weighted by molar-refractivity contribution is 5.92. The molecule has 1 aromatic rings. The van der Waals surface area contributed by atoms with Gasteiger partial charge in [0.1, 0.15) is 5.69 Å². The second-order valence-corrected chi connectivity index (χ2v) is 5.55. The van der Waals surface area contributed by atoms with Crippen LogP contribution in [0.4, 0.5) is 5.95 Å². The number of imidazole rings is 1. The highest BCUT2D eigenvalue weighted by Crippen LogP contribution is 2.15. The van der Waals surface area contributed by atoms with Gasteiger partial charge in [-0.25, -0.2) is 4.98 Å². The molecule has 5 heteroatoms. The number of anilines is 1. The molecule has 1 aromatic heterocycles. The van der Waals surface area contributed by atoms with Gasteiger partial charge in [0.25, 0.3) is 5.91 Å². The number of hydrogen-bond donors (Lipinski definition) is 2. The normalized spacial score (nSPS) is 17.2. The van der Waals surface area contributed by atoms with Crippen molar-refractivity contribution in [2.45, 2.75) is 52.6 Å². The Kier molecular flexibility index (Phi) is 4.45. The molecule has 0 fully saturated rings. The molecule has 2 heterocycles. The summed E-state index contributed by atoms with van der Waals surface area (Å²) in [6, 6.07) is 0.189. The molecule has 0 saturated carbocycles. The van der Waals surface area contributed by atoms with Gasteiger partial charge in [0, 0.05) is 25.3 Å². The van der Waals surface area contributed by atoms with E-state index in [9.17, 15) is 4.79 Å². The van der Waals surface area contributed by atoms with E-state index in [1.165, 1.54) is 0 Å². The van der Waals surface area contributed by atoms with Gasteiger partial charge >= 0.3 is 0 Å². The van der Waals surface area contributed by atoms with Gasteiger partial charge in [-0.3, -0.25) is 4.79 Å². The number of carbonyl (C=O) groups is 1. The molecule has 2 atom stereocenters. The van der Waals surface area contributed by atoms with Crippen LogP contribution in [-0.4, -0.2) is 28.0 Å². The average Bonchev–Trinajstić information content (AvgIpc) is 2.82. The van der Waals surface area contributed by atoms with Crippen molar-refractivity contribution in [1.82, 2.24) is 14.9 Å². The third-order valence-corrected chi connectivity index (χ3v) is 3.70. The Morgan fingerprint density at radius 1 is 1.58 bits per heavy atom. The maximum Gasteiger partial charge on any atom is 0.271 e. The first kappa shape index (κ1) is 13.9. The zero-order valence-corrected chi connectivity index (χ0v) is 12.1. The summed E-state index contributed by atoms with van der Waals surface area (Å²) in [4.78, 5) is 16.5. The number of hydrogen-bond acceptors (Lipinski definition) is 3. The van der Waals surface area contributed by atoms with E-state index in [2.05, 4.69) is 36.4 Å². The standard InChI is InChI=1S/C14H24N4O/c1-4-10(2)8-11(3)16-13(19)12-9-18-7-5-6-15-14(18)17-12/h9-11H,4-8H2,1-3H3,(H,15,17)(H,16,19). The molecule has 0 aromatic carbocycles. The van der Waals surface area contributed by atoms with Crippen LogP contribution < -0.4 is 10.6 Å². The maximum absolute atomic E-state index is 12.1. The number of amides is 1. The van der Waals surface area contributed by atoms with Gasteiger partial charge in [-0.2, -0.15) is 0 Å². The van der Waals surface area contributed by atoms with Gasteiger partial charge in [-0.1, -0.05) is 20.3 Å². The van der Waals surface area contributed by atoms with Crippen molar-refractivity contribution in [3.05, 3.63) is 11.9 Å². The van der Waals surface area contributed by atoms with Crippen molar-refractivity contribution in [2.75, 3.05) is 11.9 Å². The Labute approximate surface area is 114 Å². The molecule has 2 rings (SSSR count). The Morgan fingerprint density at radius 3 is 3.05 bits per heavy atom. The summed E-state index contributed by atoms with van der Waals surface area (Å²) in [6.07, 6.45) is 5.07. The predicted octanol–water partition coefficient (Wildman–Crippen LogP) is 2.25. The molecule has 0 aliphatic carbocycles. The first-order chi connectivity index (χ1) is 9.10. The Morgan fingerprint density at radius 2 is 2.37 bits per heavy atom. The molecule has 5 nitrogen and oxygen atoms in total. The molecular weight excluding hydrogens is 240 g/mol. The lowest BCUT2D eigenvalue weighted by Gasteiger charge is -2.16. The van der Waals surface area contributed by atoms with Crippen LogP contribution in [0, 0.1) is 5.92 Å². The third kappa shape index (κ3) is 3.49. The number of aryl methyl sites for hydroxylation is 1. The molecule has 0 bridgehead atoms. The number of aromatic nitrogens is 2. The number of carbonyl (C=O) groups excluding carboxylic acids is 1. The van der Waals surface area contributed by atoms with Gasteiger partial charge in [0.2, 0.25) is 5.95 Å². The summed E-state index contributed by atoms with van der Waals surface area (Å²) in [5, 5.41) is 6.23. The summed E-state index contributed by atoms with van der Waals surface area (Å²) < 4.78 is 2.01. The maximum atomic E-state index is 12.1. The van der Waals surface area contributed by atoms with E-state index in [1.807, 2.05) is 10.8 Å². The fourth-order valence-electron chi connectivity index (χ4n) is 2.41. The topological polar surface area (TPSA) is 59.0 Å². The lowest BCUT2D eigenvalue weighted by Crippen LogP contribution is -2.33. The highest BCUT2D eigenvalue weighted by atomic mass is 16.2. The molecule has 0 saturated heterocycles. The summed E-state index contributed by atoms with van der Waals surface area (Å²) >= 11 is 0. The zero-order valence-electron chi connectivity index (χ0n) is 12.1. The minimum absolute atomic E-state index is 0.0699. The van der Waals surface area contributed by atoms with Crippen molar-refractivity contribution in [3.63, 3.8) is 0 Å². The van der Waals surface area contributed by atoms with E-state index >= 15 is 0 Å². The third-order valence-electron chi connectivity index (χ3n) is 3.70. The number of nitrogens with zero attached hydrogens (tertiary/aromatic N) is 2. The quantitative estimate of drug-likeness (QED) is 0.857. The average molecular weight is 264 g/mol. The molecule has 0 radical (unpaired) electrons. The van der Waals surface area contributed by atoms with Crippen LogP contribution >= 0.6 is 0 Å². The van der Waals surface area contributed by atoms with Crippen molar-refractivity contribution in [1.29, 1.82) is 0 Å². The minimum Gasteiger partial charge on any atom is -0.356 e. The van der Waals surface area contributed by atoms with Crippen LogP contribution in [0.15, 0.2) is 6.20 Å². The molecule has 2 N–H and O–H groups in total. The van der Waals surface area contributed by atoms with Gasteiger partial charge in [0.05, 0.1) is 0 Å². The monoisotopic (exact) mass is 264 g/mol. The van der Waals surface area contributed by atoms with Gasteiger partial charge in [-0.05, 0) is 25.7 Å². The van der Waals surface area contributed by atoms with Crippen LogP contribution in [0.2, 0.25) is 0 Å². The van der Waals surface area contributed by atoms with E-state index in [0.717, 1.165) is 38.3 Å². The smallest absolute Gasteiger partial charge is 0.271 e. The van der Waals surface area contributed by atoms with Crippen molar-refractivity contribution in [2.24, 2.45) is 5.92 Å². The molecule has 106 valence electrons. The highest BCUT2D eigenvalue weighted by Gasteiger charge is 2.18. The second kappa shape index (κ2) is 6.08. The van der Waals surface area contributed by atoms with E-state index in [1.54, 1.807) is 0 Å². The van der Waals surface area contributed by atoms with Crippen LogP contribution in [0.3, 0.4) is 0 Å². The molecular formula is C14H24N4O. The minimum atomic E-state index is -0.0699. The van der Waals surface area contributed by atoms with Gasteiger partial charge in [-0.15, -0.1) is 0 Å². The summed E-state index contributed by atoms with van der Waals surface area (Å²) in [7, 11) is 0. The number of fused-ring (bicyclic) bond motifs is 1. The molecule has 19 heavy (non-hydrogen) atoms. The fourth-order valence-corrected chi connectivity index (χ4v) is 2.41. The summed E-state index contributed by atoms with van der Waals surface area (Å²) in [5.41, 5.74) is 0.514. The van der Waals surface area contributed by atoms with Gasteiger partial charge in [0.15, 0.2) is 0 Å². The number of nitrogens with one attached hydrogen (secondary N) is 2. The molecule has 1 aliphatic rings. The SMILES string of the molecule is CCC(C)CC(C)NC(=O)c1cn2c(n1)NCCC2.